The van der Waals surface area contributed by atoms with Gasteiger partial charge in [-0.15, -0.1) is 0 Å². The largest absolute Gasteiger partial charge is 0.316 e. The fraction of sp³-hybridized carbons (Fsp3) is 0.308. The van der Waals surface area contributed by atoms with Gasteiger partial charge in [0.1, 0.15) is 0 Å². The van der Waals surface area contributed by atoms with E-state index in [0.717, 1.165) is 37.1 Å². The molecule has 3 aromatic rings. The SMILES string of the molecule is O=C(c1ccc(-c2ccc(Cl)cc2)cc1)C(CC[C@@H]1CCCNC1)c1ncccc1Cl. The van der Waals surface area contributed by atoms with Crippen LogP contribution in [0.1, 0.15) is 47.7 Å². The van der Waals surface area contributed by atoms with Crippen molar-refractivity contribution in [3.63, 3.8) is 0 Å². The first-order chi connectivity index (χ1) is 15.1. The number of aromatic nitrogens is 1. The Kier molecular flexibility index (Phi) is 7.39. The summed E-state index contributed by atoms with van der Waals surface area (Å²) < 4.78 is 0. The van der Waals surface area contributed by atoms with E-state index in [0.29, 0.717) is 27.2 Å². The summed E-state index contributed by atoms with van der Waals surface area (Å²) in [6.45, 7) is 2.11. The highest BCUT2D eigenvalue weighted by molar-refractivity contribution is 6.31. The summed E-state index contributed by atoms with van der Waals surface area (Å²) in [5, 5.41) is 4.72. The molecule has 3 nitrogen and oxygen atoms in total. The zero-order valence-corrected chi connectivity index (χ0v) is 18.9. The number of Topliss-reactive ketones (excluding diaryl/α,β-unsaturated/α-hetero) is 1. The Morgan fingerprint density at radius 2 is 1.74 bits per heavy atom. The number of hydrogen-bond acceptors (Lipinski definition) is 3. The van der Waals surface area contributed by atoms with E-state index in [4.69, 9.17) is 23.2 Å². The topological polar surface area (TPSA) is 42.0 Å². The van der Waals surface area contributed by atoms with Gasteiger partial charge in [-0.2, -0.15) is 0 Å². The Morgan fingerprint density at radius 1 is 1.03 bits per heavy atom. The van der Waals surface area contributed by atoms with E-state index in [1.165, 1.54) is 12.8 Å². The monoisotopic (exact) mass is 452 g/mol. The summed E-state index contributed by atoms with van der Waals surface area (Å²) in [4.78, 5) is 18.0. The van der Waals surface area contributed by atoms with Gasteiger partial charge in [-0.1, -0.05) is 59.6 Å². The van der Waals surface area contributed by atoms with E-state index in [-0.39, 0.29) is 11.7 Å². The van der Waals surface area contributed by atoms with Crippen LogP contribution in [0.25, 0.3) is 11.1 Å². The average molecular weight is 453 g/mol. The zero-order chi connectivity index (χ0) is 21.6. The highest BCUT2D eigenvalue weighted by Gasteiger charge is 2.27. The fourth-order valence-corrected chi connectivity index (χ4v) is 4.67. The smallest absolute Gasteiger partial charge is 0.171 e. The Hall–Kier alpha value is -2.20. The van der Waals surface area contributed by atoms with E-state index in [2.05, 4.69) is 10.3 Å². The number of halogens is 2. The van der Waals surface area contributed by atoms with Crippen LogP contribution in [-0.4, -0.2) is 23.9 Å². The second-order valence-corrected chi connectivity index (χ2v) is 9.00. The van der Waals surface area contributed by atoms with Crippen LogP contribution in [0.3, 0.4) is 0 Å². The van der Waals surface area contributed by atoms with Gasteiger partial charge in [0, 0.05) is 16.8 Å². The van der Waals surface area contributed by atoms with Crippen molar-refractivity contribution < 1.29 is 4.79 Å². The van der Waals surface area contributed by atoms with Gasteiger partial charge < -0.3 is 5.32 Å². The van der Waals surface area contributed by atoms with Crippen LogP contribution in [0.5, 0.6) is 0 Å². The van der Waals surface area contributed by atoms with E-state index >= 15 is 0 Å². The molecule has 0 radical (unpaired) electrons. The van der Waals surface area contributed by atoms with Crippen molar-refractivity contribution in [3.8, 4) is 11.1 Å². The van der Waals surface area contributed by atoms with E-state index in [1.54, 1.807) is 12.3 Å². The highest BCUT2D eigenvalue weighted by Crippen LogP contribution is 2.32. The summed E-state index contributed by atoms with van der Waals surface area (Å²) in [6.07, 6.45) is 5.85. The molecule has 1 aromatic heterocycles. The minimum atomic E-state index is -0.336. The minimum absolute atomic E-state index is 0.0759. The van der Waals surface area contributed by atoms with E-state index < -0.39 is 0 Å². The van der Waals surface area contributed by atoms with Crippen LogP contribution in [-0.2, 0) is 0 Å². The number of benzene rings is 2. The molecule has 0 amide bonds. The van der Waals surface area contributed by atoms with Crippen LogP contribution in [0.4, 0.5) is 0 Å². The molecule has 0 bridgehead atoms. The number of rotatable bonds is 7. The number of ketones is 1. The molecule has 1 unspecified atom stereocenters. The molecule has 0 spiro atoms. The van der Waals surface area contributed by atoms with Gasteiger partial charge in [0.05, 0.1) is 16.6 Å². The molecular weight excluding hydrogens is 427 g/mol. The molecule has 1 saturated heterocycles. The normalized spacial score (nSPS) is 17.3. The number of hydrogen-bond donors (Lipinski definition) is 1. The van der Waals surface area contributed by atoms with Crippen molar-refractivity contribution in [1.82, 2.24) is 10.3 Å². The van der Waals surface area contributed by atoms with Gasteiger partial charge in [-0.25, -0.2) is 0 Å². The molecule has 0 aliphatic carbocycles. The van der Waals surface area contributed by atoms with Crippen molar-refractivity contribution in [2.24, 2.45) is 5.92 Å². The molecule has 160 valence electrons. The minimum Gasteiger partial charge on any atom is -0.316 e. The maximum absolute atomic E-state index is 13.5. The predicted octanol–water partition coefficient (Wildman–Crippen LogP) is 6.80. The average Bonchev–Trinajstić information content (AvgIpc) is 2.81. The van der Waals surface area contributed by atoms with Gasteiger partial charge in [-0.05, 0) is 80.1 Å². The van der Waals surface area contributed by atoms with E-state index in [1.807, 2.05) is 54.6 Å². The lowest BCUT2D eigenvalue weighted by Crippen LogP contribution is -2.30. The van der Waals surface area contributed by atoms with Crippen LogP contribution < -0.4 is 5.32 Å². The molecule has 1 N–H and O–H groups in total. The Labute approximate surface area is 193 Å². The summed E-state index contributed by atoms with van der Waals surface area (Å²) in [7, 11) is 0. The van der Waals surface area contributed by atoms with Gasteiger partial charge in [0.2, 0.25) is 0 Å². The van der Waals surface area contributed by atoms with Gasteiger partial charge in [0.15, 0.2) is 5.78 Å². The number of nitrogens with one attached hydrogen (secondary N) is 1. The molecule has 5 heteroatoms. The summed E-state index contributed by atoms with van der Waals surface area (Å²) in [5.41, 5.74) is 3.48. The predicted molar refractivity (Wildman–Crippen MR) is 128 cm³/mol. The van der Waals surface area contributed by atoms with Crippen molar-refractivity contribution in [3.05, 3.63) is 88.2 Å². The lowest BCUT2D eigenvalue weighted by molar-refractivity contribution is 0.0949. The lowest BCUT2D eigenvalue weighted by atomic mass is 9.85. The molecule has 2 heterocycles. The van der Waals surface area contributed by atoms with Crippen molar-refractivity contribution in [2.75, 3.05) is 13.1 Å². The zero-order valence-electron chi connectivity index (χ0n) is 17.4. The number of piperidine rings is 1. The number of carbonyl (C=O) groups excluding carboxylic acids is 1. The standard InChI is InChI=1S/C26H26Cl2N2O/c27-22-12-10-20(11-13-22)19-6-8-21(9-7-19)26(31)23(25-24(28)4-2-16-30-25)14-5-18-3-1-15-29-17-18/h2,4,6-13,16,18,23,29H,1,3,5,14-15,17H2/t18-,23?/m0/s1. The first-order valence-electron chi connectivity index (χ1n) is 10.8. The third-order valence-electron chi connectivity index (χ3n) is 6.04. The lowest BCUT2D eigenvalue weighted by Gasteiger charge is -2.25. The second-order valence-electron chi connectivity index (χ2n) is 8.16. The molecule has 31 heavy (non-hydrogen) atoms. The summed E-state index contributed by atoms with van der Waals surface area (Å²) in [6, 6.07) is 19.1. The highest BCUT2D eigenvalue weighted by atomic mass is 35.5. The van der Waals surface area contributed by atoms with Crippen molar-refractivity contribution >= 4 is 29.0 Å². The van der Waals surface area contributed by atoms with Crippen LogP contribution in [0, 0.1) is 5.92 Å². The molecule has 0 saturated carbocycles. The maximum atomic E-state index is 13.5. The summed E-state index contributed by atoms with van der Waals surface area (Å²) >= 11 is 12.4. The molecule has 1 aliphatic heterocycles. The first-order valence-corrected chi connectivity index (χ1v) is 11.6. The summed E-state index contributed by atoms with van der Waals surface area (Å²) in [5.74, 6) is 0.336. The van der Waals surface area contributed by atoms with Crippen LogP contribution >= 0.6 is 23.2 Å². The maximum Gasteiger partial charge on any atom is 0.171 e. The third-order valence-corrected chi connectivity index (χ3v) is 6.61. The number of pyridine rings is 1. The molecule has 2 atom stereocenters. The molecule has 1 fully saturated rings. The fourth-order valence-electron chi connectivity index (χ4n) is 4.29. The van der Waals surface area contributed by atoms with Gasteiger partial charge >= 0.3 is 0 Å². The Morgan fingerprint density at radius 3 is 2.39 bits per heavy atom. The second kappa shape index (κ2) is 10.4. The molecule has 4 rings (SSSR count). The van der Waals surface area contributed by atoms with Crippen LogP contribution in [0.15, 0.2) is 66.9 Å². The van der Waals surface area contributed by atoms with Gasteiger partial charge in [0.25, 0.3) is 0 Å². The Balaban J connectivity index is 1.55. The number of nitrogens with zero attached hydrogens (tertiary/aromatic N) is 1. The van der Waals surface area contributed by atoms with Crippen LogP contribution in [0.2, 0.25) is 10.0 Å². The molecule has 1 aliphatic rings. The van der Waals surface area contributed by atoms with Gasteiger partial charge in [-0.3, -0.25) is 9.78 Å². The third kappa shape index (κ3) is 5.54. The molecular formula is C26H26Cl2N2O. The molecule has 2 aromatic carbocycles. The van der Waals surface area contributed by atoms with Crippen molar-refractivity contribution in [1.29, 1.82) is 0 Å². The van der Waals surface area contributed by atoms with Crippen molar-refractivity contribution in [2.45, 2.75) is 31.6 Å². The van der Waals surface area contributed by atoms with E-state index in [9.17, 15) is 4.79 Å². The Bertz CT molecular complexity index is 1010. The quantitative estimate of drug-likeness (QED) is 0.400. The number of carbonyl (C=O) groups is 1. The first kappa shape index (κ1) is 22.0.